The smallest absolute Gasteiger partial charge is 0.343 e. The summed E-state index contributed by atoms with van der Waals surface area (Å²) in [6.07, 6.45) is 4.56. The van der Waals surface area contributed by atoms with Crippen LogP contribution in [0.3, 0.4) is 0 Å². The summed E-state index contributed by atoms with van der Waals surface area (Å²) >= 11 is 0. The Balaban J connectivity index is 0.00000264. The zero-order chi connectivity index (χ0) is 16.0. The highest BCUT2D eigenvalue weighted by Gasteiger charge is 2.35. The molecule has 0 bridgehead atoms. The number of amides is 1. The van der Waals surface area contributed by atoms with E-state index in [1.54, 1.807) is 24.3 Å². The highest BCUT2D eigenvalue weighted by atomic mass is 35.5. The Morgan fingerprint density at radius 3 is 2.35 bits per heavy atom. The maximum absolute atomic E-state index is 12.3. The van der Waals surface area contributed by atoms with Crippen LogP contribution in [0.2, 0.25) is 0 Å². The normalized spacial score (nSPS) is 15.9. The molecule has 23 heavy (non-hydrogen) atoms. The largest absolute Gasteiger partial charge is 0.482 e. The number of carbonyl (C=O) groups is 2. The Morgan fingerprint density at radius 2 is 1.78 bits per heavy atom. The molecule has 0 aromatic heterocycles. The van der Waals surface area contributed by atoms with Crippen LogP contribution < -0.4 is 15.8 Å². The average molecular weight is 343 g/mol. The van der Waals surface area contributed by atoms with Crippen LogP contribution in [0.25, 0.3) is 0 Å². The summed E-state index contributed by atoms with van der Waals surface area (Å²) < 4.78 is 9.73. The van der Waals surface area contributed by atoms with Crippen molar-refractivity contribution in [1.29, 1.82) is 0 Å². The molecule has 0 atom stereocenters. The van der Waals surface area contributed by atoms with Gasteiger partial charge in [-0.1, -0.05) is 19.3 Å². The van der Waals surface area contributed by atoms with Crippen molar-refractivity contribution in [2.75, 3.05) is 19.0 Å². The number of ether oxygens (including phenoxy) is 2. The highest BCUT2D eigenvalue weighted by Crippen LogP contribution is 2.27. The lowest BCUT2D eigenvalue weighted by molar-refractivity contribution is -0.142. The van der Waals surface area contributed by atoms with Gasteiger partial charge in [0.25, 0.3) is 0 Å². The van der Waals surface area contributed by atoms with Crippen LogP contribution in [0.1, 0.15) is 32.1 Å². The molecule has 1 aromatic rings. The van der Waals surface area contributed by atoms with E-state index >= 15 is 0 Å². The molecule has 1 saturated carbocycles. The summed E-state index contributed by atoms with van der Waals surface area (Å²) in [5.74, 6) is -0.0568. The maximum Gasteiger partial charge on any atom is 0.343 e. The van der Waals surface area contributed by atoms with Crippen LogP contribution in [-0.2, 0) is 14.3 Å². The molecule has 1 aliphatic rings. The predicted octanol–water partition coefficient (Wildman–Crippen LogP) is 2.26. The van der Waals surface area contributed by atoms with Crippen molar-refractivity contribution in [1.82, 2.24) is 0 Å². The van der Waals surface area contributed by atoms with E-state index in [4.69, 9.17) is 10.5 Å². The minimum Gasteiger partial charge on any atom is -0.482 e. The van der Waals surface area contributed by atoms with Crippen molar-refractivity contribution >= 4 is 30.0 Å². The van der Waals surface area contributed by atoms with Crippen molar-refractivity contribution in [3.8, 4) is 5.75 Å². The second kappa shape index (κ2) is 8.74. The van der Waals surface area contributed by atoms with Gasteiger partial charge in [0.15, 0.2) is 6.61 Å². The van der Waals surface area contributed by atoms with Gasteiger partial charge in [0.1, 0.15) is 5.75 Å². The fraction of sp³-hybridized carbons (Fsp3) is 0.500. The fourth-order valence-electron chi connectivity index (χ4n) is 2.50. The third-order valence-corrected chi connectivity index (χ3v) is 3.89. The van der Waals surface area contributed by atoms with Gasteiger partial charge in [-0.25, -0.2) is 4.79 Å². The quantitative estimate of drug-likeness (QED) is 0.801. The lowest BCUT2D eigenvalue weighted by Gasteiger charge is -2.31. The van der Waals surface area contributed by atoms with Gasteiger partial charge in [0.2, 0.25) is 5.91 Å². The summed E-state index contributed by atoms with van der Waals surface area (Å²) in [4.78, 5) is 23.3. The SMILES string of the molecule is COC(=O)COc1ccc(NC(=O)C2(N)CCCCC2)cc1.Cl. The van der Waals surface area contributed by atoms with Crippen molar-refractivity contribution in [2.45, 2.75) is 37.6 Å². The first-order valence-electron chi connectivity index (χ1n) is 7.43. The summed E-state index contributed by atoms with van der Waals surface area (Å²) in [6, 6.07) is 6.80. The van der Waals surface area contributed by atoms with Gasteiger partial charge < -0.3 is 20.5 Å². The molecular formula is C16H23ClN2O4. The predicted molar refractivity (Wildman–Crippen MR) is 89.8 cm³/mol. The number of carbonyl (C=O) groups excluding carboxylic acids is 2. The Bertz CT molecular complexity index is 527. The van der Waals surface area contributed by atoms with Gasteiger partial charge in [-0.05, 0) is 37.1 Å². The van der Waals surface area contributed by atoms with Crippen LogP contribution >= 0.6 is 12.4 Å². The number of benzene rings is 1. The molecule has 6 nitrogen and oxygen atoms in total. The number of halogens is 1. The second-order valence-electron chi connectivity index (χ2n) is 5.56. The zero-order valence-electron chi connectivity index (χ0n) is 13.2. The van der Waals surface area contributed by atoms with Gasteiger partial charge in [-0.3, -0.25) is 4.79 Å². The van der Waals surface area contributed by atoms with Crippen LogP contribution in [-0.4, -0.2) is 31.1 Å². The van der Waals surface area contributed by atoms with Gasteiger partial charge >= 0.3 is 5.97 Å². The number of esters is 1. The third-order valence-electron chi connectivity index (χ3n) is 3.89. The van der Waals surface area contributed by atoms with Crippen molar-refractivity contribution in [3.63, 3.8) is 0 Å². The first kappa shape index (κ1) is 19.3. The van der Waals surface area contributed by atoms with E-state index < -0.39 is 11.5 Å². The zero-order valence-corrected chi connectivity index (χ0v) is 14.0. The molecule has 2 rings (SSSR count). The molecule has 0 aliphatic heterocycles. The number of methoxy groups -OCH3 is 1. The summed E-state index contributed by atoms with van der Waals surface area (Å²) in [5.41, 5.74) is 6.08. The Hall–Kier alpha value is -1.79. The van der Waals surface area contributed by atoms with E-state index in [2.05, 4.69) is 10.1 Å². The molecule has 0 unspecified atom stereocenters. The van der Waals surface area contributed by atoms with Crippen LogP contribution in [0, 0.1) is 0 Å². The molecule has 0 radical (unpaired) electrons. The third kappa shape index (κ3) is 5.41. The highest BCUT2D eigenvalue weighted by molar-refractivity contribution is 5.98. The molecule has 1 amide bonds. The topological polar surface area (TPSA) is 90.6 Å². The van der Waals surface area contributed by atoms with Gasteiger partial charge in [-0.15, -0.1) is 12.4 Å². The molecule has 3 N–H and O–H groups in total. The number of anilines is 1. The average Bonchev–Trinajstić information content (AvgIpc) is 2.54. The number of nitrogens with two attached hydrogens (primary N) is 1. The van der Waals surface area contributed by atoms with E-state index in [1.165, 1.54) is 7.11 Å². The number of hydrogen-bond donors (Lipinski definition) is 2. The van der Waals surface area contributed by atoms with E-state index in [-0.39, 0.29) is 24.9 Å². The number of hydrogen-bond acceptors (Lipinski definition) is 5. The van der Waals surface area contributed by atoms with E-state index in [0.29, 0.717) is 11.4 Å². The molecule has 0 heterocycles. The Labute approximate surface area is 142 Å². The lowest BCUT2D eigenvalue weighted by atomic mass is 9.82. The molecule has 1 fully saturated rings. The minimum atomic E-state index is -0.766. The fourth-order valence-corrected chi connectivity index (χ4v) is 2.50. The van der Waals surface area contributed by atoms with E-state index in [1.807, 2.05) is 0 Å². The van der Waals surface area contributed by atoms with Crippen LogP contribution in [0.5, 0.6) is 5.75 Å². The Kier molecular flexibility index (Phi) is 7.32. The summed E-state index contributed by atoms with van der Waals surface area (Å²) in [6.45, 7) is -0.145. The first-order valence-corrected chi connectivity index (χ1v) is 7.43. The molecule has 0 saturated heterocycles. The van der Waals surface area contributed by atoms with Crippen molar-refractivity contribution < 1.29 is 19.1 Å². The minimum absolute atomic E-state index is 0. The van der Waals surface area contributed by atoms with Crippen LogP contribution in [0.15, 0.2) is 24.3 Å². The number of nitrogens with one attached hydrogen (secondary N) is 1. The lowest BCUT2D eigenvalue weighted by Crippen LogP contribution is -2.52. The van der Waals surface area contributed by atoms with E-state index in [0.717, 1.165) is 32.1 Å². The van der Waals surface area contributed by atoms with Gasteiger partial charge in [-0.2, -0.15) is 0 Å². The second-order valence-corrected chi connectivity index (χ2v) is 5.56. The van der Waals surface area contributed by atoms with Crippen molar-refractivity contribution in [3.05, 3.63) is 24.3 Å². The molecule has 7 heteroatoms. The maximum atomic E-state index is 12.3. The molecule has 1 aliphatic carbocycles. The first-order chi connectivity index (χ1) is 10.5. The number of rotatable bonds is 5. The van der Waals surface area contributed by atoms with Gasteiger partial charge in [0.05, 0.1) is 12.6 Å². The molecule has 0 spiro atoms. The van der Waals surface area contributed by atoms with Crippen molar-refractivity contribution in [2.24, 2.45) is 5.73 Å². The van der Waals surface area contributed by atoms with Crippen LogP contribution in [0.4, 0.5) is 5.69 Å². The molecule has 128 valence electrons. The van der Waals surface area contributed by atoms with E-state index in [9.17, 15) is 9.59 Å². The summed E-state index contributed by atoms with van der Waals surface area (Å²) in [7, 11) is 1.30. The standard InChI is InChI=1S/C16H22N2O4.ClH/c1-21-14(19)11-22-13-7-5-12(6-8-13)18-15(20)16(17)9-3-2-4-10-16;/h5-8H,2-4,9-11,17H2,1H3,(H,18,20);1H. The molecular weight excluding hydrogens is 320 g/mol. The van der Waals surface area contributed by atoms with Gasteiger partial charge in [0, 0.05) is 5.69 Å². The Morgan fingerprint density at radius 1 is 1.17 bits per heavy atom. The monoisotopic (exact) mass is 342 g/mol. The molecule has 1 aromatic carbocycles. The summed E-state index contributed by atoms with van der Waals surface area (Å²) in [5, 5.41) is 2.84.